The Morgan fingerprint density at radius 2 is 2.30 bits per heavy atom. The Morgan fingerprint density at radius 1 is 1.60 bits per heavy atom. The first-order chi connectivity index (χ1) is 9.51. The molecular weight excluding hydrogens is 304 g/mol. The zero-order valence-corrected chi connectivity index (χ0v) is 13.0. The van der Waals surface area contributed by atoms with E-state index in [4.69, 9.17) is 4.74 Å². The summed E-state index contributed by atoms with van der Waals surface area (Å²) in [7, 11) is 0. The largest absolute Gasteiger partial charge is 0.464 e. The van der Waals surface area contributed by atoms with E-state index in [0.29, 0.717) is 5.62 Å². The van der Waals surface area contributed by atoms with Crippen molar-refractivity contribution >= 4 is 46.3 Å². The minimum atomic E-state index is -0.748. The molecule has 1 rings (SSSR count). The van der Waals surface area contributed by atoms with Gasteiger partial charge in [0.05, 0.1) is 6.61 Å². The van der Waals surface area contributed by atoms with Crippen LogP contribution in [0.3, 0.4) is 0 Å². The summed E-state index contributed by atoms with van der Waals surface area (Å²) in [6, 6.07) is -0.748. The first-order valence-electron chi connectivity index (χ1n) is 5.90. The van der Waals surface area contributed by atoms with Gasteiger partial charge < -0.3 is 15.4 Å². The fourth-order valence-electron chi connectivity index (χ4n) is 1.14. The van der Waals surface area contributed by atoms with E-state index in [2.05, 4.69) is 10.6 Å². The average molecular weight is 322 g/mol. The molecule has 1 atom stereocenters. The standard InChI is InChI=1S/C8H13NO4S.C3H5NOS/c1-3-13-8(12)7(4-14-5-10)9-6(2)11;5-3-4-1-2-6-3/h5,7H,3-4H2,1-2H3,(H,9,11);1-2H2,(H,4,5). The molecule has 0 aromatic carbocycles. The second-order valence-electron chi connectivity index (χ2n) is 3.50. The van der Waals surface area contributed by atoms with E-state index in [-0.39, 0.29) is 23.5 Å². The van der Waals surface area contributed by atoms with Crippen molar-refractivity contribution in [3.05, 3.63) is 0 Å². The van der Waals surface area contributed by atoms with Crippen LogP contribution in [0.5, 0.6) is 0 Å². The molecule has 1 aliphatic rings. The van der Waals surface area contributed by atoms with Gasteiger partial charge in [0.1, 0.15) is 6.04 Å². The first-order valence-corrected chi connectivity index (χ1v) is 7.94. The van der Waals surface area contributed by atoms with Gasteiger partial charge in [-0.1, -0.05) is 23.5 Å². The third kappa shape index (κ3) is 9.68. The maximum atomic E-state index is 11.2. The first kappa shape index (κ1) is 18.8. The number of hydrogen-bond acceptors (Lipinski definition) is 7. The molecule has 1 saturated heterocycles. The van der Waals surface area contributed by atoms with Gasteiger partial charge in [0.15, 0.2) is 5.62 Å². The summed E-state index contributed by atoms with van der Waals surface area (Å²) in [5.41, 5.74) is 0.619. The molecule has 0 aliphatic carbocycles. The molecule has 114 valence electrons. The van der Waals surface area contributed by atoms with Crippen molar-refractivity contribution in [3.63, 3.8) is 0 Å². The minimum absolute atomic E-state index is 0.120. The van der Waals surface area contributed by atoms with Gasteiger partial charge in [0.25, 0.3) is 5.24 Å². The number of esters is 1. The highest BCUT2D eigenvalue weighted by Gasteiger charge is 2.20. The SMILES string of the molecule is CCOC(=O)C(CSC=O)NC(C)=O.O=C1NCCS1. The zero-order chi connectivity index (χ0) is 15.4. The Bertz CT molecular complexity index is 344. The number of ether oxygens (including phenoxy) is 1. The summed E-state index contributed by atoms with van der Waals surface area (Å²) in [4.78, 5) is 42.1. The van der Waals surface area contributed by atoms with E-state index in [1.165, 1.54) is 18.7 Å². The van der Waals surface area contributed by atoms with Gasteiger partial charge >= 0.3 is 5.97 Å². The van der Waals surface area contributed by atoms with Crippen LogP contribution < -0.4 is 10.6 Å². The molecule has 2 N–H and O–H groups in total. The maximum Gasteiger partial charge on any atom is 0.329 e. The van der Waals surface area contributed by atoms with Crippen LogP contribution in [0.4, 0.5) is 4.79 Å². The van der Waals surface area contributed by atoms with Crippen LogP contribution in [0.1, 0.15) is 13.8 Å². The van der Waals surface area contributed by atoms with Crippen molar-refractivity contribution in [2.45, 2.75) is 19.9 Å². The van der Waals surface area contributed by atoms with Crippen LogP contribution in [0.15, 0.2) is 0 Å². The quantitative estimate of drug-likeness (QED) is 0.540. The summed E-state index contributed by atoms with van der Waals surface area (Å²) >= 11 is 2.26. The lowest BCUT2D eigenvalue weighted by Crippen LogP contribution is -2.42. The van der Waals surface area contributed by atoms with E-state index < -0.39 is 12.0 Å². The molecule has 1 unspecified atom stereocenters. The number of carbonyl (C=O) groups is 4. The lowest BCUT2D eigenvalue weighted by molar-refractivity contribution is -0.146. The second-order valence-corrected chi connectivity index (χ2v) is 5.42. The lowest BCUT2D eigenvalue weighted by atomic mass is 10.3. The predicted octanol–water partition coefficient (Wildman–Crippen LogP) is 0.420. The van der Waals surface area contributed by atoms with Gasteiger partial charge in [-0.15, -0.1) is 0 Å². The topological polar surface area (TPSA) is 102 Å². The van der Waals surface area contributed by atoms with Crippen molar-refractivity contribution in [3.8, 4) is 0 Å². The van der Waals surface area contributed by atoms with Crippen molar-refractivity contribution in [2.75, 3.05) is 24.7 Å². The summed E-state index contributed by atoms with van der Waals surface area (Å²) < 4.78 is 4.72. The molecule has 2 amide bonds. The number of amides is 2. The predicted molar refractivity (Wildman–Crippen MR) is 79.3 cm³/mol. The Morgan fingerprint density at radius 3 is 2.65 bits per heavy atom. The number of carbonyl (C=O) groups excluding carboxylic acids is 4. The summed E-state index contributed by atoms with van der Waals surface area (Å²) in [5.74, 6) is 0.299. The van der Waals surface area contributed by atoms with Crippen molar-refractivity contribution in [2.24, 2.45) is 0 Å². The molecule has 0 radical (unpaired) electrons. The van der Waals surface area contributed by atoms with E-state index in [1.54, 1.807) is 6.92 Å². The lowest BCUT2D eigenvalue weighted by Gasteiger charge is -2.14. The highest BCUT2D eigenvalue weighted by molar-refractivity contribution is 8.13. The molecule has 0 aromatic heterocycles. The van der Waals surface area contributed by atoms with Crippen molar-refractivity contribution in [1.82, 2.24) is 10.6 Å². The summed E-state index contributed by atoms with van der Waals surface area (Å²) in [6.07, 6.45) is 0. The summed E-state index contributed by atoms with van der Waals surface area (Å²) in [6.45, 7) is 4.08. The van der Waals surface area contributed by atoms with Gasteiger partial charge in [0.2, 0.25) is 5.91 Å². The highest BCUT2D eigenvalue weighted by Crippen LogP contribution is 2.04. The fourth-order valence-corrected chi connectivity index (χ4v) is 2.22. The fraction of sp³-hybridized carbons (Fsp3) is 0.636. The van der Waals surface area contributed by atoms with E-state index >= 15 is 0 Å². The van der Waals surface area contributed by atoms with Crippen molar-refractivity contribution in [1.29, 1.82) is 0 Å². The van der Waals surface area contributed by atoms with E-state index in [0.717, 1.165) is 24.1 Å². The Labute approximate surface area is 125 Å². The molecule has 0 spiro atoms. The smallest absolute Gasteiger partial charge is 0.329 e. The highest BCUT2D eigenvalue weighted by atomic mass is 32.2. The number of hydrogen-bond donors (Lipinski definition) is 2. The third-order valence-electron chi connectivity index (χ3n) is 1.88. The molecule has 7 nitrogen and oxygen atoms in total. The van der Waals surface area contributed by atoms with Gasteiger partial charge in [-0.2, -0.15) is 0 Å². The Kier molecular flexibility index (Phi) is 10.9. The third-order valence-corrected chi connectivity index (χ3v) is 3.36. The van der Waals surface area contributed by atoms with Gasteiger partial charge in [-0.25, -0.2) is 4.79 Å². The normalized spacial score (nSPS) is 14.4. The van der Waals surface area contributed by atoms with Crippen LogP contribution in [-0.4, -0.2) is 53.4 Å². The van der Waals surface area contributed by atoms with Gasteiger partial charge in [-0.3, -0.25) is 14.4 Å². The molecule has 9 heteroatoms. The molecule has 1 aliphatic heterocycles. The second kappa shape index (κ2) is 11.6. The van der Waals surface area contributed by atoms with Crippen LogP contribution in [0, 0.1) is 0 Å². The molecule has 1 heterocycles. The number of thioether (sulfide) groups is 2. The van der Waals surface area contributed by atoms with Gasteiger partial charge in [0, 0.05) is 25.0 Å². The molecule has 0 bridgehead atoms. The van der Waals surface area contributed by atoms with Crippen LogP contribution in [-0.2, 0) is 19.1 Å². The molecule has 20 heavy (non-hydrogen) atoms. The molecule has 1 fully saturated rings. The Balaban J connectivity index is 0.000000493. The number of nitrogens with one attached hydrogen (secondary N) is 2. The molecule has 0 saturated carbocycles. The molecular formula is C11H18N2O5S2. The molecule has 0 aromatic rings. The zero-order valence-electron chi connectivity index (χ0n) is 11.3. The van der Waals surface area contributed by atoms with Gasteiger partial charge in [-0.05, 0) is 6.92 Å². The Hall–Kier alpha value is -1.22. The van der Waals surface area contributed by atoms with Crippen LogP contribution in [0.2, 0.25) is 0 Å². The average Bonchev–Trinajstić information content (AvgIpc) is 2.86. The van der Waals surface area contributed by atoms with Crippen LogP contribution >= 0.6 is 23.5 Å². The minimum Gasteiger partial charge on any atom is -0.464 e. The van der Waals surface area contributed by atoms with E-state index in [1.807, 2.05) is 0 Å². The van der Waals surface area contributed by atoms with Crippen molar-refractivity contribution < 1.29 is 23.9 Å². The number of rotatable bonds is 6. The van der Waals surface area contributed by atoms with Crippen LogP contribution in [0.25, 0.3) is 0 Å². The monoisotopic (exact) mass is 322 g/mol. The summed E-state index contributed by atoms with van der Waals surface area (Å²) in [5, 5.41) is 5.17. The van der Waals surface area contributed by atoms with E-state index in [9.17, 15) is 19.2 Å². The maximum absolute atomic E-state index is 11.2.